The van der Waals surface area contributed by atoms with E-state index in [1.807, 2.05) is 6.07 Å². The predicted octanol–water partition coefficient (Wildman–Crippen LogP) is 2.63. The molecule has 0 bridgehead atoms. The van der Waals surface area contributed by atoms with Gasteiger partial charge in [0.05, 0.1) is 18.9 Å². The summed E-state index contributed by atoms with van der Waals surface area (Å²) in [6.45, 7) is 5.50. The van der Waals surface area contributed by atoms with Gasteiger partial charge in [0.25, 0.3) is 0 Å². The number of nitrogens with zero attached hydrogens (tertiary/aromatic N) is 2. The van der Waals surface area contributed by atoms with Gasteiger partial charge in [-0.15, -0.1) is 0 Å². The van der Waals surface area contributed by atoms with Gasteiger partial charge in [0.1, 0.15) is 5.82 Å². The Balaban J connectivity index is 1.73. The number of hydrogen-bond acceptors (Lipinski definition) is 3. The summed E-state index contributed by atoms with van der Waals surface area (Å²) in [6.07, 6.45) is 1.11. The van der Waals surface area contributed by atoms with Crippen LogP contribution in [0.5, 0.6) is 0 Å². The summed E-state index contributed by atoms with van der Waals surface area (Å²) in [5, 5.41) is 0.693. The predicted molar refractivity (Wildman–Crippen MR) is 82.0 cm³/mol. The minimum Gasteiger partial charge on any atom is -0.379 e. The Morgan fingerprint density at radius 2 is 2.05 bits per heavy atom. The molecule has 20 heavy (non-hydrogen) atoms. The van der Waals surface area contributed by atoms with Gasteiger partial charge in [0.15, 0.2) is 0 Å². The smallest absolute Gasteiger partial charge is 0.146 e. The quantitative estimate of drug-likeness (QED) is 0.785. The van der Waals surface area contributed by atoms with E-state index in [0.29, 0.717) is 11.4 Å². The van der Waals surface area contributed by atoms with E-state index < -0.39 is 0 Å². The topological polar surface area (TPSA) is 15.7 Å². The van der Waals surface area contributed by atoms with Crippen molar-refractivity contribution >= 4 is 21.6 Å². The molecule has 2 aliphatic rings. The largest absolute Gasteiger partial charge is 0.379 e. The molecular formula is C15H20BrFN2O. The van der Waals surface area contributed by atoms with Gasteiger partial charge in [0, 0.05) is 37.6 Å². The molecule has 0 aliphatic carbocycles. The molecule has 0 spiro atoms. The summed E-state index contributed by atoms with van der Waals surface area (Å²) < 4.78 is 19.6. The van der Waals surface area contributed by atoms with Gasteiger partial charge >= 0.3 is 0 Å². The van der Waals surface area contributed by atoms with Crippen molar-refractivity contribution in [2.24, 2.45) is 0 Å². The van der Waals surface area contributed by atoms with E-state index in [2.05, 4.69) is 25.7 Å². The van der Waals surface area contributed by atoms with Crippen LogP contribution in [0.3, 0.4) is 0 Å². The maximum absolute atomic E-state index is 14.2. The third kappa shape index (κ3) is 2.85. The third-order valence-corrected chi connectivity index (χ3v) is 4.86. The number of hydrogen-bond donors (Lipinski definition) is 0. The van der Waals surface area contributed by atoms with Gasteiger partial charge < -0.3 is 9.64 Å². The molecule has 1 unspecified atom stereocenters. The summed E-state index contributed by atoms with van der Waals surface area (Å²) >= 11 is 3.46. The van der Waals surface area contributed by atoms with Crippen LogP contribution in [0.4, 0.5) is 10.1 Å². The zero-order valence-electron chi connectivity index (χ0n) is 11.5. The minimum absolute atomic E-state index is 0.107. The molecule has 3 rings (SSSR count). The van der Waals surface area contributed by atoms with Crippen LogP contribution in [0.15, 0.2) is 18.2 Å². The van der Waals surface area contributed by atoms with Crippen molar-refractivity contribution in [3.05, 3.63) is 29.6 Å². The molecule has 0 saturated carbocycles. The van der Waals surface area contributed by atoms with E-state index in [9.17, 15) is 4.39 Å². The van der Waals surface area contributed by atoms with Gasteiger partial charge in [-0.25, -0.2) is 4.39 Å². The number of rotatable bonds is 3. The van der Waals surface area contributed by atoms with Crippen LogP contribution in [-0.2, 0) is 10.1 Å². The van der Waals surface area contributed by atoms with E-state index in [0.717, 1.165) is 57.1 Å². The molecule has 0 N–H and O–H groups in total. The molecule has 0 radical (unpaired) electrons. The summed E-state index contributed by atoms with van der Waals surface area (Å²) in [5.74, 6) is -0.107. The minimum atomic E-state index is -0.107. The van der Waals surface area contributed by atoms with E-state index >= 15 is 0 Å². The summed E-state index contributed by atoms with van der Waals surface area (Å²) in [6, 6.07) is 5.87. The third-order valence-electron chi connectivity index (χ3n) is 4.26. The lowest BCUT2D eigenvalue weighted by Gasteiger charge is -2.32. The first-order chi connectivity index (χ1) is 9.79. The fourth-order valence-corrected chi connectivity index (χ4v) is 3.66. The molecule has 2 fully saturated rings. The number of para-hydroxylation sites is 1. The second-order valence-electron chi connectivity index (χ2n) is 5.42. The molecule has 1 aromatic rings. The van der Waals surface area contributed by atoms with Crippen LogP contribution in [0, 0.1) is 5.82 Å². The lowest BCUT2D eigenvalue weighted by molar-refractivity contribution is 0.0209. The average Bonchev–Trinajstić information content (AvgIpc) is 2.97. The molecule has 0 amide bonds. The molecule has 1 atom stereocenters. The molecule has 5 heteroatoms. The number of ether oxygens (including phenoxy) is 1. The first-order valence-corrected chi connectivity index (χ1v) is 8.32. The van der Waals surface area contributed by atoms with E-state index in [1.54, 1.807) is 12.1 Å². The van der Waals surface area contributed by atoms with Gasteiger partial charge in [-0.2, -0.15) is 0 Å². The maximum atomic E-state index is 14.2. The highest BCUT2D eigenvalue weighted by atomic mass is 79.9. The van der Waals surface area contributed by atoms with E-state index in [-0.39, 0.29) is 5.82 Å². The highest BCUT2D eigenvalue weighted by Crippen LogP contribution is 2.30. The normalized spacial score (nSPS) is 24.3. The monoisotopic (exact) mass is 342 g/mol. The van der Waals surface area contributed by atoms with E-state index in [4.69, 9.17) is 4.74 Å². The highest BCUT2D eigenvalue weighted by molar-refractivity contribution is 9.08. The number of alkyl halides is 1. The fourth-order valence-electron chi connectivity index (χ4n) is 3.21. The maximum Gasteiger partial charge on any atom is 0.146 e. The number of halogens is 2. The lowest BCUT2D eigenvalue weighted by Crippen LogP contribution is -2.44. The average molecular weight is 343 g/mol. The van der Waals surface area contributed by atoms with Crippen LogP contribution in [0.25, 0.3) is 0 Å². The van der Waals surface area contributed by atoms with Crippen molar-refractivity contribution < 1.29 is 9.13 Å². The van der Waals surface area contributed by atoms with Crippen LogP contribution in [0.2, 0.25) is 0 Å². The Bertz CT molecular complexity index is 465. The van der Waals surface area contributed by atoms with Crippen molar-refractivity contribution in [1.29, 1.82) is 0 Å². The summed E-state index contributed by atoms with van der Waals surface area (Å²) in [7, 11) is 0. The second-order valence-corrected chi connectivity index (χ2v) is 5.98. The second kappa shape index (κ2) is 6.41. The number of benzene rings is 1. The Kier molecular flexibility index (Phi) is 4.58. The molecule has 1 aromatic carbocycles. The van der Waals surface area contributed by atoms with Crippen LogP contribution in [0.1, 0.15) is 12.0 Å². The first kappa shape index (κ1) is 14.3. The Morgan fingerprint density at radius 1 is 1.25 bits per heavy atom. The molecular weight excluding hydrogens is 323 g/mol. The lowest BCUT2D eigenvalue weighted by atomic mass is 10.1. The van der Waals surface area contributed by atoms with Crippen molar-refractivity contribution in [1.82, 2.24) is 4.90 Å². The van der Waals surface area contributed by atoms with Gasteiger partial charge in [0.2, 0.25) is 0 Å². The summed E-state index contributed by atoms with van der Waals surface area (Å²) in [5.41, 5.74) is 1.81. The van der Waals surface area contributed by atoms with Crippen LogP contribution in [-0.4, -0.2) is 50.3 Å². The van der Waals surface area contributed by atoms with E-state index in [1.165, 1.54) is 0 Å². The molecule has 2 aliphatic heterocycles. The van der Waals surface area contributed by atoms with Crippen molar-refractivity contribution in [3.63, 3.8) is 0 Å². The SMILES string of the molecule is Fc1cccc(CBr)c1N1CCC(N2CCOCC2)C1. The zero-order valence-corrected chi connectivity index (χ0v) is 13.1. The van der Waals surface area contributed by atoms with Gasteiger partial charge in [-0.05, 0) is 18.1 Å². The van der Waals surface area contributed by atoms with Crippen molar-refractivity contribution in [3.8, 4) is 0 Å². The van der Waals surface area contributed by atoms with Crippen LogP contribution < -0.4 is 4.90 Å². The molecule has 0 aromatic heterocycles. The van der Waals surface area contributed by atoms with Gasteiger partial charge in [-0.1, -0.05) is 28.1 Å². The Morgan fingerprint density at radius 3 is 2.80 bits per heavy atom. The molecule has 2 saturated heterocycles. The first-order valence-electron chi connectivity index (χ1n) is 7.19. The number of anilines is 1. The van der Waals surface area contributed by atoms with Gasteiger partial charge in [-0.3, -0.25) is 4.90 Å². The van der Waals surface area contributed by atoms with Crippen molar-refractivity contribution in [2.75, 3.05) is 44.3 Å². The number of morpholine rings is 1. The Hall–Kier alpha value is -0.650. The fraction of sp³-hybridized carbons (Fsp3) is 0.600. The van der Waals surface area contributed by atoms with Crippen LogP contribution >= 0.6 is 15.9 Å². The molecule has 3 nitrogen and oxygen atoms in total. The molecule has 2 heterocycles. The standard InChI is InChI=1S/C15H20BrFN2O/c16-10-12-2-1-3-14(17)15(12)19-5-4-13(11-19)18-6-8-20-9-7-18/h1-3,13H,4-11H2. The Labute approximate surface area is 127 Å². The zero-order chi connectivity index (χ0) is 13.9. The summed E-state index contributed by atoms with van der Waals surface area (Å²) in [4.78, 5) is 4.68. The van der Waals surface area contributed by atoms with Crippen molar-refractivity contribution in [2.45, 2.75) is 17.8 Å². The highest BCUT2D eigenvalue weighted by Gasteiger charge is 2.30. The molecule has 110 valence electrons.